The summed E-state index contributed by atoms with van der Waals surface area (Å²) in [6, 6.07) is 4.29. The van der Waals surface area contributed by atoms with Crippen molar-refractivity contribution in [2.75, 3.05) is 39.5 Å². The molecule has 25 heavy (non-hydrogen) atoms. The van der Waals surface area contributed by atoms with Crippen LogP contribution in [0.15, 0.2) is 22.5 Å². The van der Waals surface area contributed by atoms with Crippen molar-refractivity contribution in [2.24, 2.45) is 4.99 Å². The zero-order valence-electron chi connectivity index (χ0n) is 15.8. The average Bonchev–Trinajstić information content (AvgIpc) is 3.29. The van der Waals surface area contributed by atoms with E-state index in [9.17, 15) is 0 Å². The molecule has 5 nitrogen and oxygen atoms in total. The van der Waals surface area contributed by atoms with Crippen LogP contribution in [0.3, 0.4) is 0 Å². The van der Waals surface area contributed by atoms with Gasteiger partial charge in [0.15, 0.2) is 5.96 Å². The first-order chi connectivity index (χ1) is 12.1. The Labute approximate surface area is 156 Å². The van der Waals surface area contributed by atoms with Crippen LogP contribution in [0.1, 0.15) is 44.9 Å². The highest BCUT2D eigenvalue weighted by molar-refractivity contribution is 7.10. The molecule has 2 heterocycles. The molecular weight excluding hydrogens is 334 g/mol. The summed E-state index contributed by atoms with van der Waals surface area (Å²) in [5, 5.41) is 8.84. The number of rotatable bonds is 10. The van der Waals surface area contributed by atoms with Gasteiger partial charge in [0.05, 0.1) is 19.3 Å². The molecule has 2 N–H and O–H groups in total. The Morgan fingerprint density at radius 3 is 3.00 bits per heavy atom. The summed E-state index contributed by atoms with van der Waals surface area (Å²) in [5.41, 5.74) is 0.0565. The van der Waals surface area contributed by atoms with Gasteiger partial charge in [0, 0.05) is 36.6 Å². The number of thiophene rings is 1. The van der Waals surface area contributed by atoms with Gasteiger partial charge in [0.25, 0.3) is 0 Å². The Kier molecular flexibility index (Phi) is 8.72. The molecule has 1 fully saturated rings. The molecular formula is C19H33N3O2S. The molecule has 1 aliphatic rings. The van der Waals surface area contributed by atoms with Gasteiger partial charge in [-0.3, -0.25) is 4.99 Å². The Balaban J connectivity index is 1.66. The van der Waals surface area contributed by atoms with E-state index in [0.717, 1.165) is 58.3 Å². The van der Waals surface area contributed by atoms with E-state index >= 15 is 0 Å². The van der Waals surface area contributed by atoms with E-state index in [-0.39, 0.29) is 5.41 Å². The summed E-state index contributed by atoms with van der Waals surface area (Å²) in [6.45, 7) is 11.4. The fraction of sp³-hybridized carbons (Fsp3) is 0.737. The van der Waals surface area contributed by atoms with Crippen LogP contribution in [0.5, 0.6) is 0 Å². The van der Waals surface area contributed by atoms with Crippen molar-refractivity contribution in [1.29, 1.82) is 0 Å². The quantitative estimate of drug-likeness (QED) is 0.379. The van der Waals surface area contributed by atoms with Crippen LogP contribution in [0.2, 0.25) is 0 Å². The van der Waals surface area contributed by atoms with Crippen molar-refractivity contribution >= 4 is 17.3 Å². The first-order valence-electron chi connectivity index (χ1n) is 9.37. The molecule has 0 radical (unpaired) electrons. The summed E-state index contributed by atoms with van der Waals surface area (Å²) < 4.78 is 11.3. The van der Waals surface area contributed by atoms with Gasteiger partial charge >= 0.3 is 0 Å². The number of hydrogen-bond acceptors (Lipinski definition) is 4. The minimum atomic E-state index is 0.0565. The lowest BCUT2D eigenvalue weighted by Crippen LogP contribution is -2.39. The molecule has 1 unspecified atom stereocenters. The zero-order valence-corrected chi connectivity index (χ0v) is 16.7. The van der Waals surface area contributed by atoms with E-state index < -0.39 is 0 Å². The van der Waals surface area contributed by atoms with Crippen LogP contribution < -0.4 is 10.6 Å². The third-order valence-corrected chi connectivity index (χ3v) is 5.49. The molecule has 1 aliphatic heterocycles. The molecule has 0 amide bonds. The third kappa shape index (κ3) is 7.34. The number of aliphatic imine (C=N–C) groups is 1. The van der Waals surface area contributed by atoms with Gasteiger partial charge in [-0.2, -0.15) is 0 Å². The number of ether oxygens (including phenoxy) is 2. The normalized spacial score (nSPS) is 18.5. The van der Waals surface area contributed by atoms with Crippen molar-refractivity contribution in [1.82, 2.24) is 10.6 Å². The molecule has 0 aliphatic carbocycles. The maximum absolute atomic E-state index is 5.70. The highest BCUT2D eigenvalue weighted by Gasteiger charge is 2.21. The lowest BCUT2D eigenvalue weighted by atomic mass is 9.92. The minimum absolute atomic E-state index is 0.0565. The van der Waals surface area contributed by atoms with Gasteiger partial charge in [-0.05, 0) is 37.6 Å². The van der Waals surface area contributed by atoms with Crippen LogP contribution in [0.4, 0.5) is 0 Å². The summed E-state index contributed by atoms with van der Waals surface area (Å²) in [5.74, 6) is 0.881. The highest BCUT2D eigenvalue weighted by atomic mass is 32.1. The van der Waals surface area contributed by atoms with Crippen molar-refractivity contribution < 1.29 is 9.47 Å². The van der Waals surface area contributed by atoms with Crippen LogP contribution in [0, 0.1) is 0 Å². The van der Waals surface area contributed by atoms with E-state index in [1.165, 1.54) is 11.3 Å². The van der Waals surface area contributed by atoms with Crippen LogP contribution in [0.25, 0.3) is 0 Å². The third-order valence-electron chi connectivity index (χ3n) is 4.25. The Morgan fingerprint density at radius 2 is 2.32 bits per heavy atom. The number of hydrogen-bond donors (Lipinski definition) is 2. The summed E-state index contributed by atoms with van der Waals surface area (Å²) in [6.07, 6.45) is 3.58. The number of guanidine groups is 1. The Morgan fingerprint density at radius 1 is 1.44 bits per heavy atom. The number of nitrogens with one attached hydrogen (secondary N) is 2. The van der Waals surface area contributed by atoms with Gasteiger partial charge in [-0.15, -0.1) is 11.3 Å². The molecule has 142 valence electrons. The molecule has 1 saturated heterocycles. The van der Waals surface area contributed by atoms with Gasteiger partial charge in [-0.1, -0.05) is 19.9 Å². The van der Waals surface area contributed by atoms with Crippen molar-refractivity contribution in [3.05, 3.63) is 22.4 Å². The predicted octanol–water partition coefficient (Wildman–Crippen LogP) is 3.17. The zero-order chi connectivity index (χ0) is 18.0. The Bertz CT molecular complexity index is 497. The van der Waals surface area contributed by atoms with E-state index in [2.05, 4.69) is 48.9 Å². The van der Waals surface area contributed by atoms with E-state index in [4.69, 9.17) is 14.5 Å². The lowest BCUT2D eigenvalue weighted by molar-refractivity contribution is 0.0168. The fourth-order valence-electron chi connectivity index (χ4n) is 2.73. The second kappa shape index (κ2) is 10.8. The van der Waals surface area contributed by atoms with E-state index in [0.29, 0.717) is 6.10 Å². The predicted molar refractivity (Wildman–Crippen MR) is 106 cm³/mol. The number of nitrogens with zero attached hydrogens (tertiary/aromatic N) is 1. The Hall–Kier alpha value is -1.11. The first-order valence-corrected chi connectivity index (χ1v) is 10.3. The maximum atomic E-state index is 5.70. The molecule has 1 aromatic heterocycles. The molecule has 0 saturated carbocycles. The summed E-state index contributed by atoms with van der Waals surface area (Å²) in [4.78, 5) is 6.13. The molecule has 1 aromatic rings. The molecule has 0 spiro atoms. The average molecular weight is 368 g/mol. The lowest BCUT2D eigenvalue weighted by Gasteiger charge is -2.21. The van der Waals surface area contributed by atoms with Gasteiger partial charge in [0.2, 0.25) is 0 Å². The second-order valence-corrected chi connectivity index (χ2v) is 7.99. The van der Waals surface area contributed by atoms with Crippen molar-refractivity contribution in [2.45, 2.75) is 51.6 Å². The van der Waals surface area contributed by atoms with E-state index in [1.807, 2.05) is 0 Å². The topological polar surface area (TPSA) is 54.9 Å². The monoisotopic (exact) mass is 367 g/mol. The van der Waals surface area contributed by atoms with Crippen LogP contribution in [-0.2, 0) is 14.9 Å². The highest BCUT2D eigenvalue weighted by Crippen LogP contribution is 2.27. The van der Waals surface area contributed by atoms with Crippen molar-refractivity contribution in [3.63, 3.8) is 0 Å². The van der Waals surface area contributed by atoms with Crippen molar-refractivity contribution in [3.8, 4) is 0 Å². The smallest absolute Gasteiger partial charge is 0.191 e. The molecule has 6 heteroatoms. The molecule has 0 bridgehead atoms. The van der Waals surface area contributed by atoms with E-state index in [1.54, 1.807) is 11.3 Å². The molecule has 0 aromatic carbocycles. The molecule has 2 rings (SSSR count). The van der Waals surface area contributed by atoms with Gasteiger partial charge in [0.1, 0.15) is 0 Å². The van der Waals surface area contributed by atoms with Crippen LogP contribution >= 0.6 is 11.3 Å². The van der Waals surface area contributed by atoms with Crippen LogP contribution in [-0.4, -0.2) is 51.5 Å². The minimum Gasteiger partial charge on any atom is -0.379 e. The standard InChI is InChI=1S/C19H33N3O2S/c1-4-20-18(22-15-19(2,3)17-9-6-13-25-17)21-10-7-11-23-14-16-8-5-12-24-16/h6,9,13,16H,4-5,7-8,10-12,14-15H2,1-3H3,(H2,20,21,22). The maximum Gasteiger partial charge on any atom is 0.191 e. The second-order valence-electron chi connectivity index (χ2n) is 7.05. The summed E-state index contributed by atoms with van der Waals surface area (Å²) in [7, 11) is 0. The SMILES string of the molecule is CCNC(=NCC(C)(C)c1cccs1)NCCCOCC1CCCO1. The first kappa shape index (κ1) is 20.2. The summed E-state index contributed by atoms with van der Waals surface area (Å²) >= 11 is 1.80. The van der Waals surface area contributed by atoms with Gasteiger partial charge < -0.3 is 20.1 Å². The largest absolute Gasteiger partial charge is 0.379 e. The molecule has 1 atom stereocenters. The fourth-order valence-corrected chi connectivity index (χ4v) is 3.58. The van der Waals surface area contributed by atoms with Gasteiger partial charge in [-0.25, -0.2) is 0 Å².